The third-order valence-electron chi connectivity index (χ3n) is 4.60. The zero-order chi connectivity index (χ0) is 22.5. The average molecular weight is 446 g/mol. The maximum Gasteiger partial charge on any atom is 0.167 e. The van der Waals surface area contributed by atoms with Crippen molar-refractivity contribution in [3.63, 3.8) is 0 Å². The Balaban J connectivity index is 1.71. The minimum absolute atomic E-state index is 0.0533. The molecule has 0 fully saturated rings. The monoisotopic (exact) mass is 445 g/mol. The molecule has 8 nitrogen and oxygen atoms in total. The number of nitrogens with zero attached hydrogens (tertiary/aromatic N) is 4. The van der Waals surface area contributed by atoms with Gasteiger partial charge in [-0.2, -0.15) is 10.4 Å². The van der Waals surface area contributed by atoms with Crippen LogP contribution in [0.1, 0.15) is 18.1 Å². The van der Waals surface area contributed by atoms with E-state index in [9.17, 15) is 10.4 Å². The Morgan fingerprint density at radius 3 is 2.84 bits per heavy atom. The fourth-order valence-corrected chi connectivity index (χ4v) is 4.33. The third kappa shape index (κ3) is 4.04. The highest BCUT2D eigenvalue weighted by Gasteiger charge is 2.20. The maximum atomic E-state index is 9.85. The van der Waals surface area contributed by atoms with Gasteiger partial charge in [0.25, 0.3) is 0 Å². The van der Waals surface area contributed by atoms with Crippen molar-refractivity contribution < 1.29 is 14.6 Å². The molecule has 0 aliphatic rings. The molecule has 0 saturated heterocycles. The number of hydrogen-bond acceptors (Lipinski definition) is 9. The number of hydrogen-bond donors (Lipinski definition) is 2. The molecule has 4 rings (SSSR count). The van der Waals surface area contributed by atoms with E-state index in [2.05, 4.69) is 26.6 Å². The second-order valence-corrected chi connectivity index (χ2v) is 7.57. The van der Waals surface area contributed by atoms with Gasteiger partial charge in [-0.1, -0.05) is 12.1 Å². The molecule has 4 aromatic rings. The summed E-state index contributed by atoms with van der Waals surface area (Å²) in [4.78, 5) is 9.40. The summed E-state index contributed by atoms with van der Waals surface area (Å²) in [5.41, 5.74) is 5.51. The summed E-state index contributed by atoms with van der Waals surface area (Å²) in [6.07, 6.45) is 2.98. The van der Waals surface area contributed by atoms with Gasteiger partial charge in [0.2, 0.25) is 0 Å². The number of hydrazone groups is 1. The summed E-state index contributed by atoms with van der Waals surface area (Å²) in [5, 5.41) is 23.8. The lowest BCUT2D eigenvalue weighted by Crippen LogP contribution is -1.95. The molecule has 2 heterocycles. The molecule has 0 unspecified atom stereocenters. The van der Waals surface area contributed by atoms with Crippen molar-refractivity contribution in [2.45, 2.75) is 6.92 Å². The minimum Gasteiger partial charge on any atom is -0.504 e. The van der Waals surface area contributed by atoms with E-state index >= 15 is 0 Å². The number of aromatic hydroxyl groups is 1. The Bertz CT molecular complexity index is 1340. The van der Waals surface area contributed by atoms with Crippen LogP contribution < -0.4 is 14.9 Å². The van der Waals surface area contributed by atoms with Crippen molar-refractivity contribution in [1.29, 1.82) is 5.26 Å². The van der Waals surface area contributed by atoms with E-state index in [0.29, 0.717) is 39.7 Å². The number of aromatic nitrogens is 2. The predicted octanol–water partition coefficient (Wildman–Crippen LogP) is 4.79. The first-order valence-electron chi connectivity index (χ1n) is 9.72. The van der Waals surface area contributed by atoms with E-state index in [1.54, 1.807) is 18.3 Å². The van der Waals surface area contributed by atoms with Crippen molar-refractivity contribution >= 4 is 33.6 Å². The first-order chi connectivity index (χ1) is 15.7. The van der Waals surface area contributed by atoms with Crippen LogP contribution in [0.2, 0.25) is 0 Å². The predicted molar refractivity (Wildman–Crippen MR) is 125 cm³/mol. The number of phenols is 1. The summed E-state index contributed by atoms with van der Waals surface area (Å²) in [5.74, 6) is 1.60. The van der Waals surface area contributed by atoms with Gasteiger partial charge in [-0.25, -0.2) is 9.97 Å². The number of nitrogens with one attached hydrogen (secondary N) is 1. The number of para-hydroxylation sites is 1. The fraction of sp³-hybridized carbons (Fsp3) is 0.130. The van der Waals surface area contributed by atoms with Crippen LogP contribution >= 0.6 is 11.3 Å². The summed E-state index contributed by atoms with van der Waals surface area (Å²) >= 11 is 1.41. The summed E-state index contributed by atoms with van der Waals surface area (Å²) in [6.45, 7) is 2.44. The van der Waals surface area contributed by atoms with E-state index in [1.165, 1.54) is 30.8 Å². The highest BCUT2D eigenvalue weighted by molar-refractivity contribution is 7.23. The van der Waals surface area contributed by atoms with Crippen molar-refractivity contribution in [2.24, 2.45) is 5.10 Å². The molecular formula is C23H19N5O3S. The Kier molecular flexibility index (Phi) is 6.14. The Morgan fingerprint density at radius 1 is 1.22 bits per heavy atom. The standard InChI is InChI=1S/C23H19N5O3S/c1-3-31-18-7-5-4-6-15(18)21-16(11-24)20-22(32-21)23(26-13-25-20)28-27-12-14-8-9-17(29)19(10-14)30-2/h4-10,12-13,29H,3H2,1-2H3,(H,25,26,28). The lowest BCUT2D eigenvalue weighted by Gasteiger charge is -2.08. The van der Waals surface area contributed by atoms with Crippen molar-refractivity contribution in [3.05, 3.63) is 59.9 Å². The quantitative estimate of drug-likeness (QED) is 0.311. The van der Waals surface area contributed by atoms with Gasteiger partial charge in [0, 0.05) is 5.56 Å². The zero-order valence-corrected chi connectivity index (χ0v) is 18.2. The number of benzene rings is 2. The Hall–Kier alpha value is -4.16. The van der Waals surface area contributed by atoms with Gasteiger partial charge in [0.15, 0.2) is 17.3 Å². The van der Waals surface area contributed by atoms with E-state index in [4.69, 9.17) is 9.47 Å². The highest BCUT2D eigenvalue weighted by atomic mass is 32.1. The molecule has 2 aromatic carbocycles. The molecule has 0 aliphatic carbocycles. The van der Waals surface area contributed by atoms with Crippen molar-refractivity contribution in [2.75, 3.05) is 19.1 Å². The molecule has 0 saturated carbocycles. The number of rotatable bonds is 7. The van der Waals surface area contributed by atoms with Crippen LogP contribution in [0, 0.1) is 11.3 Å². The van der Waals surface area contributed by atoms with Crippen molar-refractivity contribution in [3.8, 4) is 33.8 Å². The summed E-state index contributed by atoms with van der Waals surface area (Å²) in [6, 6.07) is 14.8. The summed E-state index contributed by atoms with van der Waals surface area (Å²) in [7, 11) is 1.48. The molecule has 32 heavy (non-hydrogen) atoms. The molecule has 9 heteroatoms. The molecule has 0 aliphatic heterocycles. The van der Waals surface area contributed by atoms with E-state index in [0.717, 1.165) is 16.0 Å². The maximum absolute atomic E-state index is 9.85. The number of methoxy groups -OCH3 is 1. The lowest BCUT2D eigenvalue weighted by molar-refractivity contribution is 0.341. The van der Waals surface area contributed by atoms with Crippen molar-refractivity contribution in [1.82, 2.24) is 9.97 Å². The Labute approximate surface area is 188 Å². The van der Waals surface area contributed by atoms with Crippen LogP contribution in [0.3, 0.4) is 0 Å². The van der Waals surface area contributed by atoms with E-state index in [1.807, 2.05) is 31.2 Å². The fourth-order valence-electron chi connectivity index (χ4n) is 3.16. The molecular weight excluding hydrogens is 426 g/mol. The topological polar surface area (TPSA) is 113 Å². The number of anilines is 1. The van der Waals surface area contributed by atoms with E-state index < -0.39 is 0 Å². The zero-order valence-electron chi connectivity index (χ0n) is 17.4. The highest BCUT2D eigenvalue weighted by Crippen LogP contribution is 2.43. The van der Waals surface area contributed by atoms with Gasteiger partial charge in [0.1, 0.15) is 23.7 Å². The number of fused-ring (bicyclic) bond motifs is 1. The molecule has 2 aromatic heterocycles. The molecule has 0 spiro atoms. The van der Waals surface area contributed by atoms with Crippen LogP contribution in [0.15, 0.2) is 53.9 Å². The van der Waals surface area contributed by atoms with Gasteiger partial charge in [0.05, 0.1) is 35.1 Å². The minimum atomic E-state index is 0.0533. The van der Waals surface area contributed by atoms with Gasteiger partial charge >= 0.3 is 0 Å². The molecule has 0 radical (unpaired) electrons. The van der Waals surface area contributed by atoms with Gasteiger partial charge in [-0.05, 0) is 42.8 Å². The second-order valence-electron chi connectivity index (χ2n) is 6.55. The second kappa shape index (κ2) is 9.32. The molecule has 0 bridgehead atoms. The molecule has 0 amide bonds. The average Bonchev–Trinajstić information content (AvgIpc) is 3.20. The van der Waals surface area contributed by atoms with Crippen LogP contribution in [0.25, 0.3) is 20.7 Å². The largest absolute Gasteiger partial charge is 0.504 e. The van der Waals surface area contributed by atoms with Gasteiger partial charge in [-0.15, -0.1) is 11.3 Å². The SMILES string of the molecule is CCOc1ccccc1-c1sc2c(NN=Cc3ccc(O)c(OC)c3)ncnc2c1C#N. The van der Waals surface area contributed by atoms with Crippen LogP contribution in [0.4, 0.5) is 5.82 Å². The number of nitriles is 1. The number of thiophene rings is 1. The van der Waals surface area contributed by atoms with Crippen LogP contribution in [-0.4, -0.2) is 35.0 Å². The van der Waals surface area contributed by atoms with E-state index in [-0.39, 0.29) is 5.75 Å². The summed E-state index contributed by atoms with van der Waals surface area (Å²) < 4.78 is 11.6. The smallest absolute Gasteiger partial charge is 0.167 e. The Morgan fingerprint density at radius 2 is 2.06 bits per heavy atom. The first-order valence-corrected chi connectivity index (χ1v) is 10.5. The molecule has 2 N–H and O–H groups in total. The van der Waals surface area contributed by atoms with Gasteiger partial charge in [-0.3, -0.25) is 5.43 Å². The molecule has 160 valence electrons. The normalized spacial score (nSPS) is 10.9. The van der Waals surface area contributed by atoms with Crippen LogP contribution in [-0.2, 0) is 0 Å². The number of phenolic OH excluding ortho intramolecular Hbond substituents is 1. The van der Waals surface area contributed by atoms with Gasteiger partial charge < -0.3 is 14.6 Å². The lowest BCUT2D eigenvalue weighted by atomic mass is 10.1. The third-order valence-corrected chi connectivity index (χ3v) is 5.82. The first kappa shape index (κ1) is 21.1. The number of ether oxygens (including phenoxy) is 2. The van der Waals surface area contributed by atoms with Crippen LogP contribution in [0.5, 0.6) is 17.2 Å². The molecule has 0 atom stereocenters.